The summed E-state index contributed by atoms with van der Waals surface area (Å²) < 4.78 is 11.5. The van der Waals surface area contributed by atoms with Gasteiger partial charge in [0.25, 0.3) is 0 Å². The first-order valence-electron chi connectivity index (χ1n) is 8.41. The van der Waals surface area contributed by atoms with Crippen LogP contribution in [-0.4, -0.2) is 29.0 Å². The number of hydrogen-bond donors (Lipinski definition) is 0. The zero-order valence-corrected chi connectivity index (χ0v) is 15.8. The maximum absolute atomic E-state index is 12.6. The second-order valence-corrected chi connectivity index (χ2v) is 7.61. The van der Waals surface area contributed by atoms with E-state index in [2.05, 4.69) is 6.58 Å². The minimum Gasteiger partial charge on any atom is -0.447 e. The van der Waals surface area contributed by atoms with E-state index in [1.54, 1.807) is 6.92 Å². The third kappa shape index (κ3) is 3.46. The normalized spacial score (nSPS) is 21.7. The predicted octanol–water partition coefficient (Wildman–Crippen LogP) is 4.32. The Morgan fingerprint density at radius 2 is 2.00 bits per heavy atom. The van der Waals surface area contributed by atoms with Crippen molar-refractivity contribution in [2.75, 3.05) is 6.26 Å². The number of ether oxygens (including phenoxy) is 2. The fraction of sp³-hybridized carbons (Fsp3) is 0.579. The van der Waals surface area contributed by atoms with E-state index in [9.17, 15) is 9.59 Å². The molecule has 0 N–H and O–H groups in total. The Labute approximate surface area is 148 Å². The second-order valence-electron chi connectivity index (χ2n) is 6.43. The third-order valence-electron chi connectivity index (χ3n) is 4.70. The lowest BCUT2D eigenvalue weighted by atomic mass is 9.82. The summed E-state index contributed by atoms with van der Waals surface area (Å²) in [6.45, 7) is 9.43. The molecule has 1 heterocycles. The van der Waals surface area contributed by atoms with Crippen molar-refractivity contribution in [1.82, 2.24) is 0 Å². The molecule has 132 valence electrons. The van der Waals surface area contributed by atoms with Gasteiger partial charge in [-0.05, 0) is 58.3 Å². The van der Waals surface area contributed by atoms with Crippen LogP contribution in [0.3, 0.4) is 0 Å². The van der Waals surface area contributed by atoms with Crippen molar-refractivity contribution in [1.29, 1.82) is 0 Å². The molecule has 1 saturated carbocycles. The zero-order valence-electron chi connectivity index (χ0n) is 14.9. The summed E-state index contributed by atoms with van der Waals surface area (Å²) in [5.41, 5.74) is 1.03. The maximum Gasteiger partial charge on any atom is 0.343 e. The van der Waals surface area contributed by atoms with Crippen molar-refractivity contribution in [3.63, 3.8) is 0 Å². The third-order valence-corrected chi connectivity index (χ3v) is 5.60. The quantitative estimate of drug-likeness (QED) is 0.546. The van der Waals surface area contributed by atoms with Crippen LogP contribution in [0.1, 0.15) is 52.9 Å². The van der Waals surface area contributed by atoms with Gasteiger partial charge in [0.2, 0.25) is 0 Å². The largest absolute Gasteiger partial charge is 0.447 e. The fourth-order valence-corrected chi connectivity index (χ4v) is 3.55. The number of hydrogen-bond acceptors (Lipinski definition) is 5. The smallest absolute Gasteiger partial charge is 0.343 e. The van der Waals surface area contributed by atoms with E-state index >= 15 is 0 Å². The molecule has 1 aliphatic heterocycles. The van der Waals surface area contributed by atoms with Crippen molar-refractivity contribution < 1.29 is 19.1 Å². The Balaban J connectivity index is 2.53. The Hall–Kier alpha value is -1.49. The van der Waals surface area contributed by atoms with Gasteiger partial charge in [-0.25, -0.2) is 4.79 Å². The highest BCUT2D eigenvalue weighted by Gasteiger charge is 2.51. The number of carbonyl (C=O) groups excluding carboxylic acids is 2. The van der Waals surface area contributed by atoms with Gasteiger partial charge in [0.1, 0.15) is 5.57 Å². The summed E-state index contributed by atoms with van der Waals surface area (Å²) in [6.07, 6.45) is 8.10. The summed E-state index contributed by atoms with van der Waals surface area (Å²) in [5, 5.41) is -0.297. The molecule has 4 nitrogen and oxygen atoms in total. The van der Waals surface area contributed by atoms with Crippen LogP contribution in [0.25, 0.3) is 0 Å². The van der Waals surface area contributed by atoms with Crippen LogP contribution in [0, 0.1) is 0 Å². The molecule has 1 spiro atoms. The number of esters is 2. The molecule has 1 fully saturated rings. The van der Waals surface area contributed by atoms with Crippen molar-refractivity contribution in [3.05, 3.63) is 35.1 Å². The van der Waals surface area contributed by atoms with E-state index in [-0.39, 0.29) is 11.2 Å². The van der Waals surface area contributed by atoms with Gasteiger partial charge in [-0.2, -0.15) is 11.8 Å². The molecule has 5 heteroatoms. The highest BCUT2D eigenvalue weighted by molar-refractivity contribution is 7.99. The van der Waals surface area contributed by atoms with Crippen LogP contribution in [0.5, 0.6) is 0 Å². The van der Waals surface area contributed by atoms with Crippen LogP contribution in [-0.2, 0) is 19.1 Å². The summed E-state index contributed by atoms with van der Waals surface area (Å²) in [4.78, 5) is 25.0. The van der Waals surface area contributed by atoms with Gasteiger partial charge in [-0.15, -0.1) is 0 Å². The molecule has 0 aromatic rings. The minimum atomic E-state index is -0.790. The molecule has 24 heavy (non-hydrogen) atoms. The summed E-state index contributed by atoms with van der Waals surface area (Å²) in [7, 11) is 0. The molecule has 0 aromatic heterocycles. The highest BCUT2D eigenvalue weighted by atomic mass is 32.2. The fourth-order valence-electron chi connectivity index (χ4n) is 3.31. The highest BCUT2D eigenvalue weighted by Crippen LogP contribution is 2.47. The molecule has 2 aliphatic rings. The Kier molecular flexibility index (Phi) is 5.97. The van der Waals surface area contributed by atoms with Crippen LogP contribution in [0.2, 0.25) is 0 Å². The Morgan fingerprint density at radius 3 is 2.50 bits per heavy atom. The van der Waals surface area contributed by atoms with E-state index in [1.165, 1.54) is 11.8 Å². The average Bonchev–Trinajstić information content (AvgIpc) is 2.80. The van der Waals surface area contributed by atoms with Gasteiger partial charge in [-0.3, -0.25) is 4.79 Å². The minimum absolute atomic E-state index is 0.297. The molecule has 2 rings (SSSR count). The second kappa shape index (κ2) is 7.60. The summed E-state index contributed by atoms with van der Waals surface area (Å²) >= 11 is 1.42. The molecular weight excluding hydrogens is 324 g/mol. The first-order chi connectivity index (χ1) is 11.4. The van der Waals surface area contributed by atoms with Gasteiger partial charge in [0, 0.05) is 0 Å². The lowest BCUT2D eigenvalue weighted by Crippen LogP contribution is -2.37. The van der Waals surface area contributed by atoms with Crippen molar-refractivity contribution in [3.8, 4) is 0 Å². The molecule has 0 bridgehead atoms. The molecular formula is C19H26O4S. The van der Waals surface area contributed by atoms with E-state index in [4.69, 9.17) is 9.47 Å². The topological polar surface area (TPSA) is 52.6 Å². The first-order valence-corrected chi connectivity index (χ1v) is 9.70. The van der Waals surface area contributed by atoms with E-state index < -0.39 is 11.6 Å². The molecule has 0 aromatic carbocycles. The van der Waals surface area contributed by atoms with Crippen LogP contribution < -0.4 is 0 Å². The van der Waals surface area contributed by atoms with E-state index in [0.717, 1.165) is 24.8 Å². The summed E-state index contributed by atoms with van der Waals surface area (Å²) in [5.74, 6) is -0.350. The lowest BCUT2D eigenvalue weighted by molar-refractivity contribution is -0.155. The van der Waals surface area contributed by atoms with Crippen LogP contribution in [0.4, 0.5) is 0 Å². The summed E-state index contributed by atoms with van der Waals surface area (Å²) in [6, 6.07) is 0. The SMILES string of the molecule is C=C(C)C(=CC)C1=C(OC(=O)C(C)SC)C2(CCCCC2)OC1=O. The van der Waals surface area contributed by atoms with Gasteiger partial charge in [0.15, 0.2) is 11.4 Å². The monoisotopic (exact) mass is 350 g/mol. The van der Waals surface area contributed by atoms with Gasteiger partial charge >= 0.3 is 11.9 Å². The number of thioether (sulfide) groups is 1. The standard InChI is InChI=1S/C19H26O4S/c1-6-14(12(2)3)15-16(22-17(20)13(4)24-5)19(23-18(15)21)10-8-7-9-11-19/h6,13H,2,7-11H2,1,3-5H3. The number of rotatable bonds is 5. The lowest BCUT2D eigenvalue weighted by Gasteiger charge is -2.33. The molecule has 0 saturated heterocycles. The first kappa shape index (κ1) is 18.8. The van der Waals surface area contributed by atoms with Crippen molar-refractivity contribution in [2.24, 2.45) is 0 Å². The number of allylic oxidation sites excluding steroid dienone is 2. The molecule has 1 atom stereocenters. The number of carbonyl (C=O) groups is 2. The van der Waals surface area contributed by atoms with Gasteiger partial charge in [0.05, 0.1) is 5.25 Å². The molecule has 0 radical (unpaired) electrons. The zero-order chi connectivity index (χ0) is 17.9. The average molecular weight is 350 g/mol. The van der Waals surface area contributed by atoms with Gasteiger partial charge < -0.3 is 9.47 Å². The Bertz CT molecular complexity index is 609. The maximum atomic E-state index is 12.6. The van der Waals surface area contributed by atoms with E-state index in [1.807, 2.05) is 26.2 Å². The predicted molar refractivity (Wildman–Crippen MR) is 96.6 cm³/mol. The Morgan fingerprint density at radius 1 is 1.38 bits per heavy atom. The van der Waals surface area contributed by atoms with Crippen LogP contribution >= 0.6 is 11.8 Å². The van der Waals surface area contributed by atoms with E-state index in [0.29, 0.717) is 29.7 Å². The van der Waals surface area contributed by atoms with Crippen molar-refractivity contribution in [2.45, 2.75) is 63.7 Å². The van der Waals surface area contributed by atoms with Gasteiger partial charge in [-0.1, -0.05) is 24.6 Å². The van der Waals surface area contributed by atoms with Crippen LogP contribution in [0.15, 0.2) is 35.1 Å². The molecule has 1 unspecified atom stereocenters. The molecule has 0 amide bonds. The van der Waals surface area contributed by atoms with Crippen molar-refractivity contribution >= 4 is 23.7 Å². The molecule has 1 aliphatic carbocycles.